The lowest BCUT2D eigenvalue weighted by Gasteiger charge is -2.24. The maximum absolute atomic E-state index is 5.94. The first-order valence-corrected chi connectivity index (χ1v) is 8.29. The fourth-order valence-corrected chi connectivity index (χ4v) is 3.19. The Bertz CT molecular complexity index is 636. The lowest BCUT2D eigenvalue weighted by atomic mass is 9.98. The van der Waals surface area contributed by atoms with Crippen molar-refractivity contribution in [3.63, 3.8) is 0 Å². The number of ether oxygens (including phenoxy) is 1. The normalized spacial score (nSPS) is 17.4. The van der Waals surface area contributed by atoms with E-state index in [1.807, 2.05) is 6.07 Å². The van der Waals surface area contributed by atoms with Crippen LogP contribution in [0.2, 0.25) is 0 Å². The fourth-order valence-electron chi connectivity index (χ4n) is 3.19. The van der Waals surface area contributed by atoms with E-state index in [1.54, 1.807) is 7.11 Å². The molecule has 1 fully saturated rings. The summed E-state index contributed by atoms with van der Waals surface area (Å²) >= 11 is 0. The third-order valence-electron chi connectivity index (χ3n) is 4.74. The van der Waals surface area contributed by atoms with Gasteiger partial charge in [0.25, 0.3) is 0 Å². The molecular weight excluding hydrogens is 272 g/mol. The number of rotatable bonds is 7. The number of hydrogen-bond acceptors (Lipinski definition) is 3. The molecule has 1 aliphatic carbocycles. The van der Waals surface area contributed by atoms with Crippen LogP contribution in [0.3, 0.4) is 0 Å². The second-order valence-corrected chi connectivity index (χ2v) is 6.28. The Morgan fingerprint density at radius 3 is 2.55 bits per heavy atom. The molecule has 2 aromatic carbocycles. The lowest BCUT2D eigenvalue weighted by molar-refractivity contribution is 0.398. The van der Waals surface area contributed by atoms with Gasteiger partial charge in [-0.2, -0.15) is 0 Å². The van der Waals surface area contributed by atoms with Crippen molar-refractivity contribution in [1.29, 1.82) is 0 Å². The standard InChI is InChI=1S/C19H26N2O/c1-3-18(21-19(12-20)13-4-5-13)16-7-6-15-11-17(22-2)9-8-14(15)10-16/h6-11,13,18-19,21H,3-5,12,20H2,1-2H3. The average molecular weight is 298 g/mol. The molecule has 2 unspecified atom stereocenters. The van der Waals surface area contributed by atoms with E-state index < -0.39 is 0 Å². The summed E-state index contributed by atoms with van der Waals surface area (Å²) in [5.41, 5.74) is 7.29. The van der Waals surface area contributed by atoms with Crippen molar-refractivity contribution in [3.8, 4) is 5.75 Å². The Hall–Kier alpha value is -1.58. The summed E-state index contributed by atoms with van der Waals surface area (Å²) in [4.78, 5) is 0. The molecule has 3 nitrogen and oxygen atoms in total. The molecule has 118 valence electrons. The monoisotopic (exact) mass is 298 g/mol. The molecule has 3 N–H and O–H groups in total. The molecule has 0 spiro atoms. The summed E-state index contributed by atoms with van der Waals surface area (Å²) in [6.45, 7) is 2.96. The number of nitrogens with one attached hydrogen (secondary N) is 1. The molecule has 1 saturated carbocycles. The molecule has 0 amide bonds. The van der Waals surface area contributed by atoms with Crippen LogP contribution in [-0.2, 0) is 0 Å². The average Bonchev–Trinajstić information content (AvgIpc) is 3.40. The molecule has 2 aromatic rings. The minimum Gasteiger partial charge on any atom is -0.497 e. The van der Waals surface area contributed by atoms with E-state index in [2.05, 4.69) is 42.6 Å². The number of fused-ring (bicyclic) bond motifs is 1. The molecular formula is C19H26N2O. The first-order valence-electron chi connectivity index (χ1n) is 8.29. The SMILES string of the molecule is CCC(NC(CN)C1CC1)c1ccc2cc(OC)ccc2c1. The Labute approximate surface area is 132 Å². The van der Waals surface area contributed by atoms with Gasteiger partial charge in [-0.15, -0.1) is 0 Å². The van der Waals surface area contributed by atoms with E-state index in [-0.39, 0.29) is 0 Å². The van der Waals surface area contributed by atoms with Gasteiger partial charge in [-0.1, -0.05) is 25.1 Å². The quantitative estimate of drug-likeness (QED) is 0.820. The second-order valence-electron chi connectivity index (χ2n) is 6.28. The first kappa shape index (κ1) is 15.3. The molecule has 3 heteroatoms. The van der Waals surface area contributed by atoms with Gasteiger partial charge in [-0.3, -0.25) is 0 Å². The van der Waals surface area contributed by atoms with E-state index in [0.717, 1.165) is 24.6 Å². The van der Waals surface area contributed by atoms with Crippen LogP contribution in [0.5, 0.6) is 5.75 Å². The molecule has 0 aromatic heterocycles. The zero-order chi connectivity index (χ0) is 15.5. The molecule has 0 aliphatic heterocycles. The van der Waals surface area contributed by atoms with E-state index in [4.69, 9.17) is 10.5 Å². The van der Waals surface area contributed by atoms with E-state index in [1.165, 1.54) is 29.2 Å². The van der Waals surface area contributed by atoms with Crippen molar-refractivity contribution < 1.29 is 4.74 Å². The van der Waals surface area contributed by atoms with Crippen LogP contribution in [0.15, 0.2) is 36.4 Å². The largest absolute Gasteiger partial charge is 0.497 e. The molecule has 1 aliphatic rings. The van der Waals surface area contributed by atoms with Crippen LogP contribution in [-0.4, -0.2) is 19.7 Å². The Morgan fingerprint density at radius 2 is 1.91 bits per heavy atom. The maximum Gasteiger partial charge on any atom is 0.119 e. The molecule has 0 heterocycles. The smallest absolute Gasteiger partial charge is 0.119 e. The molecule has 0 bridgehead atoms. The van der Waals surface area contributed by atoms with Crippen LogP contribution in [0, 0.1) is 5.92 Å². The Morgan fingerprint density at radius 1 is 1.18 bits per heavy atom. The van der Waals surface area contributed by atoms with Gasteiger partial charge in [0, 0.05) is 18.6 Å². The van der Waals surface area contributed by atoms with Crippen molar-refractivity contribution in [1.82, 2.24) is 5.32 Å². The number of hydrogen-bond donors (Lipinski definition) is 2. The Kier molecular flexibility index (Phi) is 4.65. The van der Waals surface area contributed by atoms with Gasteiger partial charge >= 0.3 is 0 Å². The minimum atomic E-state index is 0.376. The fraction of sp³-hybridized carbons (Fsp3) is 0.474. The number of benzene rings is 2. The van der Waals surface area contributed by atoms with Crippen LogP contribution >= 0.6 is 0 Å². The zero-order valence-electron chi connectivity index (χ0n) is 13.5. The van der Waals surface area contributed by atoms with E-state index >= 15 is 0 Å². The lowest BCUT2D eigenvalue weighted by Crippen LogP contribution is -2.40. The summed E-state index contributed by atoms with van der Waals surface area (Å²) < 4.78 is 5.30. The van der Waals surface area contributed by atoms with Crippen LogP contribution in [0.25, 0.3) is 10.8 Å². The van der Waals surface area contributed by atoms with Gasteiger partial charge in [0.2, 0.25) is 0 Å². The van der Waals surface area contributed by atoms with Gasteiger partial charge in [0.15, 0.2) is 0 Å². The minimum absolute atomic E-state index is 0.376. The third-order valence-corrected chi connectivity index (χ3v) is 4.74. The predicted octanol–water partition coefficient (Wildman–Crippen LogP) is 3.63. The highest BCUT2D eigenvalue weighted by atomic mass is 16.5. The van der Waals surface area contributed by atoms with Gasteiger partial charge in [-0.25, -0.2) is 0 Å². The Balaban J connectivity index is 1.83. The maximum atomic E-state index is 5.94. The van der Waals surface area contributed by atoms with E-state index in [9.17, 15) is 0 Å². The van der Waals surface area contributed by atoms with Crippen molar-refractivity contribution in [2.24, 2.45) is 11.7 Å². The summed E-state index contributed by atoms with van der Waals surface area (Å²) in [6.07, 6.45) is 3.72. The molecule has 2 atom stereocenters. The molecule has 22 heavy (non-hydrogen) atoms. The highest BCUT2D eigenvalue weighted by Gasteiger charge is 2.31. The summed E-state index contributed by atoms with van der Waals surface area (Å²) in [6, 6.07) is 13.8. The van der Waals surface area contributed by atoms with Gasteiger partial charge in [0.1, 0.15) is 5.75 Å². The van der Waals surface area contributed by atoms with Crippen molar-refractivity contribution in [3.05, 3.63) is 42.0 Å². The van der Waals surface area contributed by atoms with E-state index in [0.29, 0.717) is 12.1 Å². The van der Waals surface area contributed by atoms with Crippen molar-refractivity contribution in [2.45, 2.75) is 38.3 Å². The summed E-state index contributed by atoms with van der Waals surface area (Å²) in [5, 5.41) is 6.25. The molecule has 0 radical (unpaired) electrons. The predicted molar refractivity (Wildman–Crippen MR) is 92.2 cm³/mol. The second kappa shape index (κ2) is 6.67. The number of methoxy groups -OCH3 is 1. The summed E-state index contributed by atoms with van der Waals surface area (Å²) in [7, 11) is 1.71. The van der Waals surface area contributed by atoms with Gasteiger partial charge in [0.05, 0.1) is 7.11 Å². The van der Waals surface area contributed by atoms with Crippen LogP contribution < -0.4 is 15.8 Å². The third kappa shape index (κ3) is 3.26. The molecule has 0 saturated heterocycles. The van der Waals surface area contributed by atoms with Crippen LogP contribution in [0.1, 0.15) is 37.8 Å². The van der Waals surface area contributed by atoms with Gasteiger partial charge in [-0.05, 0) is 59.7 Å². The highest BCUT2D eigenvalue weighted by Crippen LogP contribution is 2.34. The topological polar surface area (TPSA) is 47.3 Å². The van der Waals surface area contributed by atoms with Gasteiger partial charge < -0.3 is 15.8 Å². The summed E-state index contributed by atoms with van der Waals surface area (Å²) in [5.74, 6) is 1.69. The first-order chi connectivity index (χ1) is 10.7. The van der Waals surface area contributed by atoms with Crippen molar-refractivity contribution >= 4 is 10.8 Å². The number of nitrogens with two attached hydrogens (primary N) is 1. The zero-order valence-corrected chi connectivity index (χ0v) is 13.5. The molecule has 3 rings (SSSR count). The van der Waals surface area contributed by atoms with Crippen LogP contribution in [0.4, 0.5) is 0 Å². The highest BCUT2D eigenvalue weighted by molar-refractivity contribution is 5.84. The van der Waals surface area contributed by atoms with Crippen molar-refractivity contribution in [2.75, 3.05) is 13.7 Å².